The average molecular weight is 315 g/mol. The molecule has 7 heteroatoms. The molecule has 0 amide bonds. The van der Waals surface area contributed by atoms with Gasteiger partial charge in [0.25, 0.3) is 0 Å². The van der Waals surface area contributed by atoms with Crippen molar-refractivity contribution in [1.82, 2.24) is 9.36 Å². The molecule has 1 saturated heterocycles. The molecular weight excluding hydrogens is 294 g/mol. The summed E-state index contributed by atoms with van der Waals surface area (Å²) in [4.78, 5) is 6.89. The van der Waals surface area contributed by atoms with Gasteiger partial charge < -0.3 is 4.90 Å². The van der Waals surface area contributed by atoms with Gasteiger partial charge in [-0.15, -0.1) is 0 Å². The summed E-state index contributed by atoms with van der Waals surface area (Å²) in [5.41, 5.74) is 0. The molecule has 1 aliphatic heterocycles. The number of rotatable bonds is 4. The van der Waals surface area contributed by atoms with Gasteiger partial charge in [-0.05, 0) is 25.2 Å². The molecular formula is C13H21N3O2S2. The van der Waals surface area contributed by atoms with Crippen LogP contribution >= 0.6 is 11.5 Å². The lowest BCUT2D eigenvalue weighted by atomic mass is 10.1. The molecule has 0 N–H and O–H groups in total. The molecule has 2 fully saturated rings. The molecule has 5 nitrogen and oxygen atoms in total. The first kappa shape index (κ1) is 14.3. The Morgan fingerprint density at radius 2 is 2.05 bits per heavy atom. The lowest BCUT2D eigenvalue weighted by Gasteiger charge is -2.14. The second-order valence-electron chi connectivity index (χ2n) is 6.11. The van der Waals surface area contributed by atoms with Gasteiger partial charge in [0.2, 0.25) is 5.13 Å². The van der Waals surface area contributed by atoms with Crippen LogP contribution in [-0.2, 0) is 9.84 Å². The smallest absolute Gasteiger partial charge is 0.205 e. The van der Waals surface area contributed by atoms with Gasteiger partial charge in [0.05, 0.1) is 5.75 Å². The van der Waals surface area contributed by atoms with E-state index in [-0.39, 0.29) is 11.7 Å². The predicted octanol–water partition coefficient (Wildman–Crippen LogP) is 2.07. The number of anilines is 1. The highest BCUT2D eigenvalue weighted by Crippen LogP contribution is 2.35. The Bertz CT molecular complexity index is 564. The normalized spacial score (nSPS) is 24.6. The first-order chi connectivity index (χ1) is 9.51. The van der Waals surface area contributed by atoms with E-state index in [0.717, 1.165) is 30.5 Å². The van der Waals surface area contributed by atoms with Crippen molar-refractivity contribution >= 4 is 26.5 Å². The van der Waals surface area contributed by atoms with Crippen LogP contribution < -0.4 is 4.90 Å². The van der Waals surface area contributed by atoms with Crippen molar-refractivity contribution in [2.75, 3.05) is 30.0 Å². The summed E-state index contributed by atoms with van der Waals surface area (Å²) >= 11 is 1.47. The Hall–Kier alpha value is -0.690. The predicted molar refractivity (Wildman–Crippen MR) is 81.1 cm³/mol. The maximum atomic E-state index is 11.4. The monoisotopic (exact) mass is 315 g/mol. The van der Waals surface area contributed by atoms with Crippen LogP contribution in [0.2, 0.25) is 0 Å². The molecule has 1 aromatic rings. The van der Waals surface area contributed by atoms with E-state index in [0.29, 0.717) is 5.92 Å². The number of nitrogens with zero attached hydrogens (tertiary/aromatic N) is 3. The van der Waals surface area contributed by atoms with Crippen LogP contribution in [0.1, 0.15) is 43.8 Å². The molecule has 1 atom stereocenters. The molecule has 20 heavy (non-hydrogen) atoms. The maximum Gasteiger partial charge on any atom is 0.205 e. The zero-order chi connectivity index (χ0) is 14.2. The van der Waals surface area contributed by atoms with E-state index in [4.69, 9.17) is 0 Å². The third kappa shape index (κ3) is 3.31. The Morgan fingerprint density at radius 3 is 2.75 bits per heavy atom. The number of hydrogen-bond acceptors (Lipinski definition) is 6. The second kappa shape index (κ2) is 5.60. The highest BCUT2D eigenvalue weighted by atomic mass is 32.2. The third-order valence-corrected chi connectivity index (χ3v) is 6.11. The van der Waals surface area contributed by atoms with Gasteiger partial charge in [-0.25, -0.2) is 13.4 Å². The van der Waals surface area contributed by atoms with Gasteiger partial charge in [-0.1, -0.05) is 12.8 Å². The maximum absolute atomic E-state index is 11.4. The highest BCUT2D eigenvalue weighted by molar-refractivity contribution is 7.90. The summed E-state index contributed by atoms with van der Waals surface area (Å²) in [6.07, 6.45) is 7.27. The molecule has 0 aromatic carbocycles. The van der Waals surface area contributed by atoms with Gasteiger partial charge in [-0.3, -0.25) is 0 Å². The van der Waals surface area contributed by atoms with Crippen molar-refractivity contribution < 1.29 is 8.42 Å². The van der Waals surface area contributed by atoms with Crippen LogP contribution in [0.4, 0.5) is 5.13 Å². The summed E-state index contributed by atoms with van der Waals surface area (Å²) in [6, 6.07) is 0. The fourth-order valence-corrected chi connectivity index (χ4v) is 5.18. The van der Waals surface area contributed by atoms with E-state index in [1.165, 1.54) is 43.5 Å². The lowest BCUT2D eigenvalue weighted by Crippen LogP contribution is -2.22. The van der Waals surface area contributed by atoms with E-state index in [1.54, 1.807) is 0 Å². The van der Waals surface area contributed by atoms with Crippen molar-refractivity contribution in [2.45, 2.75) is 38.0 Å². The fourth-order valence-electron chi connectivity index (χ4n) is 3.28. The van der Waals surface area contributed by atoms with Gasteiger partial charge >= 0.3 is 0 Å². The molecule has 0 bridgehead atoms. The third-order valence-electron chi connectivity index (χ3n) is 4.25. The van der Waals surface area contributed by atoms with E-state index in [2.05, 4.69) is 14.3 Å². The van der Waals surface area contributed by atoms with Gasteiger partial charge in [0.15, 0.2) is 0 Å². The van der Waals surface area contributed by atoms with Crippen molar-refractivity contribution in [3.63, 3.8) is 0 Å². The highest BCUT2D eigenvalue weighted by Gasteiger charge is 2.29. The fraction of sp³-hybridized carbons (Fsp3) is 0.846. The first-order valence-corrected chi connectivity index (χ1v) is 10.1. The molecule has 1 aromatic heterocycles. The zero-order valence-corrected chi connectivity index (χ0v) is 13.4. The first-order valence-electron chi connectivity index (χ1n) is 7.27. The molecule has 0 spiro atoms. The van der Waals surface area contributed by atoms with E-state index in [9.17, 15) is 8.42 Å². The topological polar surface area (TPSA) is 63.2 Å². The molecule has 1 aliphatic carbocycles. The summed E-state index contributed by atoms with van der Waals surface area (Å²) in [5, 5.41) is 0.975. The lowest BCUT2D eigenvalue weighted by molar-refractivity contribution is 0.577. The van der Waals surface area contributed by atoms with Crippen molar-refractivity contribution in [1.29, 1.82) is 0 Å². The van der Waals surface area contributed by atoms with Gasteiger partial charge in [0, 0.05) is 36.8 Å². The summed E-state index contributed by atoms with van der Waals surface area (Å²) in [6.45, 7) is 1.70. The van der Waals surface area contributed by atoms with Crippen LogP contribution in [0, 0.1) is 5.92 Å². The molecule has 2 aliphatic rings. The number of aromatic nitrogens is 2. The Labute approximate surface area is 124 Å². The minimum Gasteiger partial charge on any atom is -0.347 e. The van der Waals surface area contributed by atoms with Crippen molar-refractivity contribution in [3.8, 4) is 0 Å². The van der Waals surface area contributed by atoms with Crippen molar-refractivity contribution in [3.05, 3.63) is 5.82 Å². The molecule has 2 heterocycles. The molecule has 3 rings (SSSR count). The number of sulfone groups is 1. The van der Waals surface area contributed by atoms with Crippen molar-refractivity contribution in [2.24, 2.45) is 5.92 Å². The summed E-state index contributed by atoms with van der Waals surface area (Å²) in [5.74, 6) is 2.09. The largest absolute Gasteiger partial charge is 0.347 e. The number of hydrogen-bond donors (Lipinski definition) is 0. The van der Waals surface area contributed by atoms with Gasteiger partial charge in [0.1, 0.15) is 15.7 Å². The van der Waals surface area contributed by atoms with Crippen LogP contribution in [-0.4, -0.2) is 42.9 Å². The van der Waals surface area contributed by atoms with E-state index >= 15 is 0 Å². The standard InChI is InChI=1S/C13H21N3O2S2/c1-20(17,18)9-10-6-7-16(8-10)13-14-12(15-19-13)11-4-2-3-5-11/h10-11H,2-9H2,1H3. The summed E-state index contributed by atoms with van der Waals surface area (Å²) < 4.78 is 27.2. The average Bonchev–Trinajstić information content (AvgIpc) is 3.07. The quantitative estimate of drug-likeness (QED) is 0.851. The zero-order valence-electron chi connectivity index (χ0n) is 11.8. The minimum atomic E-state index is -2.88. The molecule has 1 saturated carbocycles. The Morgan fingerprint density at radius 1 is 1.30 bits per heavy atom. The molecule has 0 radical (unpaired) electrons. The minimum absolute atomic E-state index is 0.240. The second-order valence-corrected chi connectivity index (χ2v) is 9.02. The molecule has 1 unspecified atom stereocenters. The van der Waals surface area contributed by atoms with E-state index < -0.39 is 9.84 Å². The van der Waals surface area contributed by atoms with Crippen LogP contribution in [0.15, 0.2) is 0 Å². The van der Waals surface area contributed by atoms with Crippen LogP contribution in [0.5, 0.6) is 0 Å². The Balaban J connectivity index is 1.63. The van der Waals surface area contributed by atoms with Gasteiger partial charge in [-0.2, -0.15) is 4.37 Å². The Kier molecular flexibility index (Phi) is 3.99. The van der Waals surface area contributed by atoms with Crippen LogP contribution in [0.3, 0.4) is 0 Å². The van der Waals surface area contributed by atoms with E-state index in [1.807, 2.05) is 0 Å². The molecule has 112 valence electrons. The van der Waals surface area contributed by atoms with Crippen LogP contribution in [0.25, 0.3) is 0 Å². The summed E-state index contributed by atoms with van der Waals surface area (Å²) in [7, 11) is -2.88. The SMILES string of the molecule is CS(=O)(=O)CC1CCN(c2nc(C3CCCC3)ns2)C1.